The molecule has 1 fully saturated rings. The highest BCUT2D eigenvalue weighted by Crippen LogP contribution is 2.21. The number of hydrogen-bond acceptors (Lipinski definition) is 3. The number of hydrogen-bond donors (Lipinski definition) is 0. The number of nitrogens with zero attached hydrogens (tertiary/aromatic N) is 2. The van der Waals surface area contributed by atoms with E-state index in [9.17, 15) is 9.59 Å². The van der Waals surface area contributed by atoms with Gasteiger partial charge in [-0.05, 0) is 47.1 Å². The number of rotatable bonds is 3. The molecule has 0 radical (unpaired) electrons. The second kappa shape index (κ2) is 7.18. The third kappa shape index (κ3) is 3.51. The molecule has 0 bridgehead atoms. The Morgan fingerprint density at radius 3 is 2.33 bits per heavy atom. The average Bonchev–Trinajstić information content (AvgIpc) is 2.62. The van der Waals surface area contributed by atoms with Crippen LogP contribution in [-0.2, 0) is 0 Å². The van der Waals surface area contributed by atoms with Crippen molar-refractivity contribution < 1.29 is 9.59 Å². The topological polar surface area (TPSA) is 40.6 Å². The number of amides is 1. The van der Waals surface area contributed by atoms with Crippen molar-refractivity contribution in [2.24, 2.45) is 0 Å². The van der Waals surface area contributed by atoms with E-state index in [-0.39, 0.29) is 11.7 Å². The molecule has 0 aromatic heterocycles. The lowest BCUT2D eigenvalue weighted by atomic mass is 10.1. The van der Waals surface area contributed by atoms with Crippen molar-refractivity contribution >= 4 is 33.3 Å². The first kappa shape index (κ1) is 16.7. The molecule has 124 valence electrons. The van der Waals surface area contributed by atoms with Crippen LogP contribution in [0.4, 0.5) is 5.69 Å². The third-order valence-corrected chi connectivity index (χ3v) is 4.98. The highest BCUT2D eigenvalue weighted by Gasteiger charge is 2.23. The van der Waals surface area contributed by atoms with Gasteiger partial charge in [-0.25, -0.2) is 0 Å². The molecule has 1 amide bonds. The highest BCUT2D eigenvalue weighted by atomic mass is 79.9. The fraction of sp³-hybridized carbons (Fsp3) is 0.263. The molecule has 2 aromatic rings. The van der Waals surface area contributed by atoms with Gasteiger partial charge in [0.05, 0.1) is 5.56 Å². The molecule has 1 saturated heterocycles. The Hall–Kier alpha value is -2.14. The van der Waals surface area contributed by atoms with E-state index in [0.717, 1.165) is 28.8 Å². The smallest absolute Gasteiger partial charge is 0.255 e. The molecule has 3 rings (SSSR count). The van der Waals surface area contributed by atoms with Gasteiger partial charge in [-0.15, -0.1) is 0 Å². The standard InChI is InChI=1S/C19H19BrN2O2/c1-14(23)15-5-4-6-16(13-15)21-9-11-22(12-10-21)19(24)17-7-2-3-8-18(17)20/h2-8,13H,9-12H2,1H3. The van der Waals surface area contributed by atoms with E-state index in [4.69, 9.17) is 0 Å². The summed E-state index contributed by atoms with van der Waals surface area (Å²) in [5.41, 5.74) is 2.46. The molecule has 1 aliphatic rings. The lowest BCUT2D eigenvalue weighted by Crippen LogP contribution is -2.48. The molecule has 5 heteroatoms. The fourth-order valence-electron chi connectivity index (χ4n) is 2.89. The Labute approximate surface area is 150 Å². The summed E-state index contributed by atoms with van der Waals surface area (Å²) in [4.78, 5) is 28.3. The monoisotopic (exact) mass is 386 g/mol. The second-order valence-corrected chi connectivity index (χ2v) is 6.72. The number of benzene rings is 2. The lowest BCUT2D eigenvalue weighted by Gasteiger charge is -2.36. The minimum absolute atomic E-state index is 0.0552. The van der Waals surface area contributed by atoms with Crippen LogP contribution in [0, 0.1) is 0 Å². The number of carbonyl (C=O) groups excluding carboxylic acids is 2. The molecule has 0 N–H and O–H groups in total. The van der Waals surface area contributed by atoms with Crippen LogP contribution in [0.1, 0.15) is 27.6 Å². The minimum Gasteiger partial charge on any atom is -0.368 e. The number of ketones is 1. The summed E-state index contributed by atoms with van der Waals surface area (Å²) in [5.74, 6) is 0.124. The molecule has 0 saturated carbocycles. The SMILES string of the molecule is CC(=O)c1cccc(N2CCN(C(=O)c3ccccc3Br)CC2)c1. The van der Waals surface area contributed by atoms with Crippen LogP contribution in [0.5, 0.6) is 0 Å². The van der Waals surface area contributed by atoms with Crippen LogP contribution in [-0.4, -0.2) is 42.8 Å². The van der Waals surface area contributed by atoms with E-state index in [1.54, 1.807) is 6.92 Å². The molecule has 24 heavy (non-hydrogen) atoms. The summed E-state index contributed by atoms with van der Waals surface area (Å²) in [6.07, 6.45) is 0. The summed E-state index contributed by atoms with van der Waals surface area (Å²) in [5, 5.41) is 0. The van der Waals surface area contributed by atoms with Gasteiger partial charge >= 0.3 is 0 Å². The van der Waals surface area contributed by atoms with Gasteiger partial charge in [0.15, 0.2) is 5.78 Å². The Balaban J connectivity index is 1.68. The van der Waals surface area contributed by atoms with Crippen LogP contribution in [0.3, 0.4) is 0 Å². The molecule has 1 heterocycles. The van der Waals surface area contributed by atoms with Gasteiger partial charge in [0.25, 0.3) is 5.91 Å². The number of halogens is 1. The van der Waals surface area contributed by atoms with Crippen molar-refractivity contribution in [3.05, 3.63) is 64.1 Å². The van der Waals surface area contributed by atoms with Crippen molar-refractivity contribution in [3.8, 4) is 0 Å². The van der Waals surface area contributed by atoms with E-state index in [1.165, 1.54) is 0 Å². The Morgan fingerprint density at radius 1 is 0.958 bits per heavy atom. The fourth-order valence-corrected chi connectivity index (χ4v) is 3.35. The largest absolute Gasteiger partial charge is 0.368 e. The van der Waals surface area contributed by atoms with Crippen LogP contribution in [0.25, 0.3) is 0 Å². The van der Waals surface area contributed by atoms with E-state index < -0.39 is 0 Å². The number of piperazine rings is 1. The zero-order chi connectivity index (χ0) is 17.1. The van der Waals surface area contributed by atoms with Gasteiger partial charge in [0, 0.05) is 41.9 Å². The van der Waals surface area contributed by atoms with Crippen LogP contribution >= 0.6 is 15.9 Å². The van der Waals surface area contributed by atoms with Crippen LogP contribution in [0.15, 0.2) is 53.0 Å². The Bertz CT molecular complexity index is 767. The molecule has 0 spiro atoms. The number of carbonyl (C=O) groups is 2. The van der Waals surface area contributed by atoms with Crippen LogP contribution < -0.4 is 4.90 Å². The molecular formula is C19H19BrN2O2. The maximum absolute atomic E-state index is 12.6. The van der Waals surface area contributed by atoms with E-state index in [0.29, 0.717) is 18.7 Å². The molecule has 0 atom stereocenters. The van der Waals surface area contributed by atoms with Crippen molar-refractivity contribution in [3.63, 3.8) is 0 Å². The molecule has 0 aliphatic carbocycles. The van der Waals surface area contributed by atoms with Crippen LogP contribution in [0.2, 0.25) is 0 Å². The van der Waals surface area contributed by atoms with Crippen molar-refractivity contribution in [1.82, 2.24) is 4.90 Å². The zero-order valence-electron chi connectivity index (χ0n) is 13.5. The highest BCUT2D eigenvalue weighted by molar-refractivity contribution is 9.10. The van der Waals surface area contributed by atoms with Gasteiger partial charge in [-0.2, -0.15) is 0 Å². The average molecular weight is 387 g/mol. The predicted octanol–water partition coefficient (Wildman–Crippen LogP) is 3.61. The summed E-state index contributed by atoms with van der Waals surface area (Å²) < 4.78 is 0.826. The molecule has 1 aliphatic heterocycles. The maximum Gasteiger partial charge on any atom is 0.255 e. The van der Waals surface area contributed by atoms with Gasteiger partial charge < -0.3 is 9.80 Å². The summed E-state index contributed by atoms with van der Waals surface area (Å²) in [6, 6.07) is 15.2. The normalized spacial score (nSPS) is 14.6. The first-order valence-electron chi connectivity index (χ1n) is 7.96. The van der Waals surface area contributed by atoms with Gasteiger partial charge in [-0.3, -0.25) is 9.59 Å². The van der Waals surface area contributed by atoms with Gasteiger partial charge in [-0.1, -0.05) is 24.3 Å². The summed E-state index contributed by atoms with van der Waals surface area (Å²) >= 11 is 3.44. The molecule has 2 aromatic carbocycles. The zero-order valence-corrected chi connectivity index (χ0v) is 15.1. The second-order valence-electron chi connectivity index (χ2n) is 5.87. The molecular weight excluding hydrogens is 368 g/mol. The quantitative estimate of drug-likeness (QED) is 0.756. The third-order valence-electron chi connectivity index (χ3n) is 4.29. The van der Waals surface area contributed by atoms with Gasteiger partial charge in [0.1, 0.15) is 0 Å². The van der Waals surface area contributed by atoms with Crippen molar-refractivity contribution in [1.29, 1.82) is 0 Å². The van der Waals surface area contributed by atoms with E-state index >= 15 is 0 Å². The predicted molar refractivity (Wildman–Crippen MR) is 98.7 cm³/mol. The number of Topliss-reactive ketones (excluding diaryl/α,β-unsaturated/α-hetero) is 1. The lowest BCUT2D eigenvalue weighted by molar-refractivity contribution is 0.0745. The summed E-state index contributed by atoms with van der Waals surface area (Å²) in [6.45, 7) is 4.44. The minimum atomic E-state index is 0.0552. The van der Waals surface area contributed by atoms with E-state index in [1.807, 2.05) is 53.4 Å². The van der Waals surface area contributed by atoms with Crippen molar-refractivity contribution in [2.45, 2.75) is 6.92 Å². The Kier molecular flexibility index (Phi) is 5.00. The molecule has 4 nitrogen and oxygen atoms in total. The van der Waals surface area contributed by atoms with Crippen molar-refractivity contribution in [2.75, 3.05) is 31.1 Å². The molecule has 0 unspecified atom stereocenters. The van der Waals surface area contributed by atoms with E-state index in [2.05, 4.69) is 20.8 Å². The maximum atomic E-state index is 12.6. The number of anilines is 1. The first-order valence-corrected chi connectivity index (χ1v) is 8.75. The first-order chi connectivity index (χ1) is 11.6. The Morgan fingerprint density at radius 2 is 1.67 bits per heavy atom. The summed E-state index contributed by atoms with van der Waals surface area (Å²) in [7, 11) is 0. The van der Waals surface area contributed by atoms with Gasteiger partial charge in [0.2, 0.25) is 0 Å².